The molecule has 0 saturated heterocycles. The van der Waals surface area contributed by atoms with Crippen molar-refractivity contribution in [1.29, 1.82) is 0 Å². The molecule has 98 valence electrons. The van der Waals surface area contributed by atoms with Gasteiger partial charge in [0.15, 0.2) is 0 Å². The van der Waals surface area contributed by atoms with Crippen LogP contribution in [0.2, 0.25) is 0 Å². The van der Waals surface area contributed by atoms with E-state index in [1.807, 2.05) is 6.07 Å². The molecule has 1 N–H and O–H groups in total. The van der Waals surface area contributed by atoms with E-state index in [1.54, 1.807) is 0 Å². The minimum Gasteiger partial charge on any atom is -0.367 e. The van der Waals surface area contributed by atoms with Crippen molar-refractivity contribution in [1.82, 2.24) is 9.97 Å². The predicted octanol–water partition coefficient (Wildman–Crippen LogP) is 3.82. The maximum absolute atomic E-state index is 6.05. The second-order valence-electron chi connectivity index (χ2n) is 5.43. The molecule has 2 aliphatic rings. The number of hydrogen-bond acceptors (Lipinski definition) is 3. The zero-order valence-corrected chi connectivity index (χ0v) is 11.7. The van der Waals surface area contributed by atoms with Gasteiger partial charge >= 0.3 is 0 Å². The Labute approximate surface area is 113 Å². The van der Waals surface area contributed by atoms with Crippen LogP contribution in [-0.4, -0.2) is 16.6 Å². The van der Waals surface area contributed by atoms with Gasteiger partial charge in [-0.2, -0.15) is 0 Å². The highest BCUT2D eigenvalue weighted by Gasteiger charge is 2.39. The summed E-state index contributed by atoms with van der Waals surface area (Å²) in [7, 11) is 0. The number of H-pyrrole nitrogens is 1. The molecule has 1 heterocycles. The summed E-state index contributed by atoms with van der Waals surface area (Å²) in [5.74, 6) is 1.64. The molecule has 0 spiro atoms. The third-order valence-corrected chi connectivity index (χ3v) is 4.25. The molecule has 0 radical (unpaired) electrons. The Morgan fingerprint density at radius 2 is 2.17 bits per heavy atom. The summed E-state index contributed by atoms with van der Waals surface area (Å²) in [6.07, 6.45) is 7.11. The number of ether oxygens (including phenoxy) is 1. The molecular formula is C14H20N2OS. The van der Waals surface area contributed by atoms with Crippen LogP contribution in [0.3, 0.4) is 0 Å². The summed E-state index contributed by atoms with van der Waals surface area (Å²) in [6, 6.07) is 2.02. The Bertz CT molecular complexity index is 487. The highest BCUT2D eigenvalue weighted by atomic mass is 32.1. The van der Waals surface area contributed by atoms with E-state index in [9.17, 15) is 0 Å². The van der Waals surface area contributed by atoms with Crippen molar-refractivity contribution < 1.29 is 4.74 Å². The van der Waals surface area contributed by atoms with Gasteiger partial charge in [-0.25, -0.2) is 4.98 Å². The van der Waals surface area contributed by atoms with Crippen molar-refractivity contribution in [3.05, 3.63) is 22.2 Å². The highest BCUT2D eigenvalue weighted by Crippen LogP contribution is 2.43. The number of nitrogens with one attached hydrogen (secondary N) is 1. The lowest BCUT2D eigenvalue weighted by atomic mass is 10.0. The smallest absolute Gasteiger partial charge is 0.140 e. The maximum atomic E-state index is 6.05. The third-order valence-electron chi connectivity index (χ3n) is 4.04. The van der Waals surface area contributed by atoms with Crippen molar-refractivity contribution >= 4 is 12.2 Å². The van der Waals surface area contributed by atoms with Gasteiger partial charge in [0.05, 0.1) is 0 Å². The van der Waals surface area contributed by atoms with Gasteiger partial charge in [0.2, 0.25) is 0 Å². The Morgan fingerprint density at radius 3 is 2.78 bits per heavy atom. The van der Waals surface area contributed by atoms with E-state index in [1.165, 1.54) is 31.4 Å². The Morgan fingerprint density at radius 1 is 1.44 bits per heavy atom. The molecule has 4 heteroatoms. The maximum Gasteiger partial charge on any atom is 0.140 e. The van der Waals surface area contributed by atoms with E-state index in [0.29, 0.717) is 10.6 Å². The zero-order valence-electron chi connectivity index (χ0n) is 10.9. The highest BCUT2D eigenvalue weighted by molar-refractivity contribution is 7.71. The minimum absolute atomic E-state index is 0.201. The molecule has 1 aromatic rings. The Kier molecular flexibility index (Phi) is 3.24. The molecule has 18 heavy (non-hydrogen) atoms. The first-order chi connectivity index (χ1) is 8.73. The third kappa shape index (κ3) is 2.24. The monoisotopic (exact) mass is 264 g/mol. The molecule has 0 bridgehead atoms. The van der Waals surface area contributed by atoms with E-state index in [0.717, 1.165) is 25.3 Å². The Balaban J connectivity index is 2.00. The number of hydrogen-bond donors (Lipinski definition) is 1. The normalized spacial score (nSPS) is 22.3. The van der Waals surface area contributed by atoms with Gasteiger partial charge < -0.3 is 9.72 Å². The van der Waals surface area contributed by atoms with E-state index < -0.39 is 0 Å². The van der Waals surface area contributed by atoms with E-state index in [-0.39, 0.29) is 5.60 Å². The number of rotatable bonds is 4. The van der Waals surface area contributed by atoms with E-state index >= 15 is 0 Å². The molecule has 0 atom stereocenters. The zero-order chi connectivity index (χ0) is 12.6. The quantitative estimate of drug-likeness (QED) is 0.840. The summed E-state index contributed by atoms with van der Waals surface area (Å²) < 4.78 is 6.75. The van der Waals surface area contributed by atoms with Gasteiger partial charge in [-0.3, -0.25) is 0 Å². The second-order valence-corrected chi connectivity index (χ2v) is 5.85. The van der Waals surface area contributed by atoms with Crippen molar-refractivity contribution in [2.75, 3.05) is 6.61 Å². The van der Waals surface area contributed by atoms with Crippen LogP contribution in [-0.2, 0) is 10.3 Å². The first kappa shape index (κ1) is 12.3. The predicted molar refractivity (Wildman–Crippen MR) is 73.2 cm³/mol. The number of aromatic amines is 1. The average Bonchev–Trinajstić information content (AvgIpc) is 3.10. The molecule has 3 rings (SSSR count). The molecule has 0 aliphatic heterocycles. The second kappa shape index (κ2) is 4.74. The van der Waals surface area contributed by atoms with E-state index in [2.05, 4.69) is 16.9 Å². The summed E-state index contributed by atoms with van der Waals surface area (Å²) >= 11 is 5.32. The summed E-state index contributed by atoms with van der Waals surface area (Å²) in [4.78, 5) is 8.06. The fourth-order valence-electron chi connectivity index (χ4n) is 2.98. The van der Waals surface area contributed by atoms with Crippen LogP contribution in [0.1, 0.15) is 62.9 Å². The summed E-state index contributed by atoms with van der Waals surface area (Å²) in [5, 5.41) is 0. The lowest BCUT2D eigenvalue weighted by Gasteiger charge is -2.28. The van der Waals surface area contributed by atoms with Gasteiger partial charge in [-0.15, -0.1) is 0 Å². The van der Waals surface area contributed by atoms with Crippen LogP contribution in [0.25, 0.3) is 0 Å². The Hall–Kier alpha value is -0.740. The first-order valence-corrected chi connectivity index (χ1v) is 7.40. The van der Waals surface area contributed by atoms with Crippen LogP contribution < -0.4 is 0 Å². The molecule has 2 aliphatic carbocycles. The fraction of sp³-hybridized carbons (Fsp3) is 0.714. The SMILES string of the molecule is CCOC1(c2nc(=S)cc(C3CC3)[nH]2)CCCC1. The van der Waals surface area contributed by atoms with Gasteiger partial charge in [0, 0.05) is 12.3 Å². The van der Waals surface area contributed by atoms with Crippen LogP contribution in [0.4, 0.5) is 0 Å². The van der Waals surface area contributed by atoms with Crippen LogP contribution in [0, 0.1) is 4.64 Å². The van der Waals surface area contributed by atoms with Crippen molar-refractivity contribution in [2.45, 2.75) is 57.0 Å². The van der Waals surface area contributed by atoms with Gasteiger partial charge in [-0.05, 0) is 57.4 Å². The lowest BCUT2D eigenvalue weighted by Crippen LogP contribution is -2.29. The number of nitrogens with zero attached hydrogens (tertiary/aromatic N) is 1. The van der Waals surface area contributed by atoms with Crippen molar-refractivity contribution in [2.24, 2.45) is 0 Å². The molecule has 0 unspecified atom stereocenters. The standard InChI is InChI=1S/C14H20N2OS/c1-2-17-14(7-3-4-8-14)13-15-11(10-5-6-10)9-12(18)16-13/h9-10H,2-8H2,1H3,(H,15,16,18). The topological polar surface area (TPSA) is 37.9 Å². The number of aromatic nitrogens is 2. The fourth-order valence-corrected chi connectivity index (χ4v) is 3.20. The van der Waals surface area contributed by atoms with Gasteiger partial charge in [0.1, 0.15) is 16.1 Å². The molecule has 2 saturated carbocycles. The summed E-state index contributed by atoms with van der Waals surface area (Å²) in [5.41, 5.74) is 1.06. The minimum atomic E-state index is -0.201. The molecule has 0 amide bonds. The molecule has 0 aromatic carbocycles. The largest absolute Gasteiger partial charge is 0.367 e. The first-order valence-electron chi connectivity index (χ1n) is 6.99. The van der Waals surface area contributed by atoms with Crippen molar-refractivity contribution in [3.63, 3.8) is 0 Å². The summed E-state index contributed by atoms with van der Waals surface area (Å²) in [6.45, 7) is 2.79. The van der Waals surface area contributed by atoms with Gasteiger partial charge in [-0.1, -0.05) is 12.2 Å². The van der Waals surface area contributed by atoms with E-state index in [4.69, 9.17) is 17.0 Å². The molecule has 2 fully saturated rings. The molecule has 1 aromatic heterocycles. The molecule has 3 nitrogen and oxygen atoms in total. The van der Waals surface area contributed by atoms with Crippen LogP contribution in [0.15, 0.2) is 6.07 Å². The van der Waals surface area contributed by atoms with Crippen LogP contribution >= 0.6 is 12.2 Å². The van der Waals surface area contributed by atoms with Crippen molar-refractivity contribution in [3.8, 4) is 0 Å². The van der Waals surface area contributed by atoms with Crippen LogP contribution in [0.5, 0.6) is 0 Å². The molecular weight excluding hydrogens is 244 g/mol. The van der Waals surface area contributed by atoms with Gasteiger partial charge in [0.25, 0.3) is 0 Å². The lowest BCUT2D eigenvalue weighted by molar-refractivity contribution is -0.0459. The average molecular weight is 264 g/mol.